The SMILES string of the molecule is C1=CC2=C(CC1)c1cccc3c(C4=CC(n5c(-c6ccccc6)nc6c5CCCC6)CC=C4)ccc(c13)O2. The Hall–Kier alpha value is -4.11. The largest absolute Gasteiger partial charge is 0.456 e. The molecular weight excluding hydrogens is 464 g/mol. The summed E-state index contributed by atoms with van der Waals surface area (Å²) < 4.78 is 8.95. The topological polar surface area (TPSA) is 27.1 Å². The third-order valence-electron chi connectivity index (χ3n) is 8.57. The fourth-order valence-corrected chi connectivity index (χ4v) is 6.82. The molecule has 1 unspecified atom stereocenters. The molecule has 186 valence electrons. The van der Waals surface area contributed by atoms with Crippen molar-refractivity contribution in [3.05, 3.63) is 119 Å². The average molecular weight is 495 g/mol. The Balaban J connectivity index is 1.27. The van der Waals surface area contributed by atoms with Gasteiger partial charge in [-0.1, -0.05) is 78.9 Å². The molecule has 0 fully saturated rings. The smallest absolute Gasteiger partial charge is 0.141 e. The number of benzene rings is 3. The summed E-state index contributed by atoms with van der Waals surface area (Å²) in [5.41, 5.74) is 9.16. The summed E-state index contributed by atoms with van der Waals surface area (Å²) in [6.45, 7) is 0. The molecule has 0 saturated heterocycles. The van der Waals surface area contributed by atoms with E-state index in [1.165, 1.54) is 62.8 Å². The van der Waals surface area contributed by atoms with Gasteiger partial charge in [-0.3, -0.25) is 0 Å². The van der Waals surface area contributed by atoms with Crippen molar-refractivity contribution in [1.82, 2.24) is 9.55 Å². The van der Waals surface area contributed by atoms with Crippen LogP contribution in [0.5, 0.6) is 5.75 Å². The van der Waals surface area contributed by atoms with E-state index in [4.69, 9.17) is 9.72 Å². The van der Waals surface area contributed by atoms with Crippen molar-refractivity contribution in [1.29, 1.82) is 0 Å². The zero-order valence-corrected chi connectivity index (χ0v) is 21.5. The van der Waals surface area contributed by atoms with E-state index in [1.807, 2.05) is 0 Å². The molecule has 1 atom stereocenters. The molecule has 4 aromatic rings. The molecule has 2 heterocycles. The highest BCUT2D eigenvalue weighted by atomic mass is 16.5. The highest BCUT2D eigenvalue weighted by Crippen LogP contribution is 2.46. The molecule has 3 nitrogen and oxygen atoms in total. The van der Waals surface area contributed by atoms with Gasteiger partial charge in [-0.05, 0) is 79.2 Å². The molecule has 8 rings (SSSR count). The third kappa shape index (κ3) is 3.38. The number of aryl methyl sites for hydroxylation is 1. The van der Waals surface area contributed by atoms with Crippen LogP contribution < -0.4 is 4.74 Å². The van der Waals surface area contributed by atoms with Gasteiger partial charge in [-0.25, -0.2) is 4.98 Å². The third-order valence-corrected chi connectivity index (χ3v) is 8.57. The van der Waals surface area contributed by atoms with Crippen molar-refractivity contribution >= 4 is 21.9 Å². The zero-order chi connectivity index (χ0) is 25.1. The number of rotatable bonds is 3. The second-order valence-electron chi connectivity index (χ2n) is 10.8. The van der Waals surface area contributed by atoms with Crippen molar-refractivity contribution in [2.24, 2.45) is 0 Å². The molecule has 0 radical (unpaired) electrons. The Morgan fingerprint density at radius 1 is 0.816 bits per heavy atom. The molecule has 3 aliphatic carbocycles. The number of nitrogens with zero attached hydrogens (tertiary/aromatic N) is 2. The fraction of sp³-hybridized carbons (Fsp3) is 0.229. The molecule has 0 bridgehead atoms. The van der Waals surface area contributed by atoms with Gasteiger partial charge < -0.3 is 9.30 Å². The van der Waals surface area contributed by atoms with Crippen LogP contribution in [-0.2, 0) is 12.8 Å². The average Bonchev–Trinajstić information content (AvgIpc) is 3.38. The first-order valence-electron chi connectivity index (χ1n) is 14.0. The predicted molar refractivity (Wildman–Crippen MR) is 155 cm³/mol. The van der Waals surface area contributed by atoms with Gasteiger partial charge in [0.15, 0.2) is 0 Å². The Morgan fingerprint density at radius 3 is 2.68 bits per heavy atom. The highest BCUT2D eigenvalue weighted by molar-refractivity contribution is 6.06. The Morgan fingerprint density at radius 2 is 1.74 bits per heavy atom. The van der Waals surface area contributed by atoms with Gasteiger partial charge >= 0.3 is 0 Å². The lowest BCUT2D eigenvalue weighted by molar-refractivity contribution is 0.444. The molecule has 3 aromatic carbocycles. The van der Waals surface area contributed by atoms with Crippen molar-refractivity contribution in [3.8, 4) is 17.1 Å². The van der Waals surface area contributed by atoms with Gasteiger partial charge in [0.2, 0.25) is 0 Å². The Bertz CT molecular complexity index is 1710. The zero-order valence-electron chi connectivity index (χ0n) is 21.5. The molecule has 0 spiro atoms. The van der Waals surface area contributed by atoms with E-state index in [0.717, 1.165) is 49.4 Å². The maximum Gasteiger partial charge on any atom is 0.141 e. The summed E-state index contributed by atoms with van der Waals surface area (Å²) in [6, 6.07) is 22.1. The minimum absolute atomic E-state index is 0.249. The van der Waals surface area contributed by atoms with E-state index >= 15 is 0 Å². The molecule has 0 amide bonds. The van der Waals surface area contributed by atoms with E-state index in [9.17, 15) is 0 Å². The van der Waals surface area contributed by atoms with Gasteiger partial charge in [0.05, 0.1) is 11.7 Å². The minimum Gasteiger partial charge on any atom is -0.456 e. The van der Waals surface area contributed by atoms with E-state index < -0.39 is 0 Å². The van der Waals surface area contributed by atoms with Crippen molar-refractivity contribution in [3.63, 3.8) is 0 Å². The van der Waals surface area contributed by atoms with E-state index in [0.29, 0.717) is 0 Å². The molecule has 1 aliphatic heterocycles. The van der Waals surface area contributed by atoms with Gasteiger partial charge in [0, 0.05) is 22.2 Å². The number of hydrogen-bond acceptors (Lipinski definition) is 2. The molecule has 3 heteroatoms. The van der Waals surface area contributed by atoms with Crippen LogP contribution in [-0.4, -0.2) is 9.55 Å². The van der Waals surface area contributed by atoms with Gasteiger partial charge in [-0.2, -0.15) is 0 Å². The van der Waals surface area contributed by atoms with Crippen LogP contribution >= 0.6 is 0 Å². The van der Waals surface area contributed by atoms with Crippen molar-refractivity contribution in [2.45, 2.75) is 51.0 Å². The summed E-state index contributed by atoms with van der Waals surface area (Å²) in [6.07, 6.45) is 19.3. The maximum absolute atomic E-state index is 6.40. The fourth-order valence-electron chi connectivity index (χ4n) is 6.82. The van der Waals surface area contributed by atoms with E-state index in [1.54, 1.807) is 0 Å². The van der Waals surface area contributed by atoms with Crippen LogP contribution in [0.15, 0.2) is 96.8 Å². The monoisotopic (exact) mass is 494 g/mol. The predicted octanol–water partition coefficient (Wildman–Crippen LogP) is 8.62. The first-order valence-corrected chi connectivity index (χ1v) is 14.0. The quantitative estimate of drug-likeness (QED) is 0.285. The number of hydrogen-bond donors (Lipinski definition) is 0. The second kappa shape index (κ2) is 8.73. The molecule has 4 aliphatic rings. The van der Waals surface area contributed by atoms with Crippen LogP contribution in [0, 0.1) is 0 Å². The van der Waals surface area contributed by atoms with Crippen LogP contribution in [0.1, 0.15) is 60.7 Å². The van der Waals surface area contributed by atoms with E-state index in [2.05, 4.69) is 95.6 Å². The van der Waals surface area contributed by atoms with Crippen molar-refractivity contribution < 1.29 is 4.74 Å². The van der Waals surface area contributed by atoms with Crippen LogP contribution in [0.25, 0.3) is 33.3 Å². The number of allylic oxidation sites excluding steroid dienone is 7. The summed E-state index contributed by atoms with van der Waals surface area (Å²) >= 11 is 0. The summed E-state index contributed by atoms with van der Waals surface area (Å²) in [4.78, 5) is 5.21. The van der Waals surface area contributed by atoms with Crippen LogP contribution in [0.2, 0.25) is 0 Å². The number of fused-ring (bicyclic) bond motifs is 2. The first kappa shape index (κ1) is 21.9. The van der Waals surface area contributed by atoms with Gasteiger partial charge in [-0.15, -0.1) is 0 Å². The Labute approximate surface area is 223 Å². The standard InChI is InChI=1S/C35H30N2O/c1-2-10-23(11-3-1)35-36-30-17-5-6-18-31(30)37(35)25-13-8-12-24(22-25)26-20-21-33-34-28(26)15-9-16-29(34)27-14-4-7-19-32(27)38-33/h1-3,7-12,15-16,19-22,25H,4-6,13-14,17-18H2. The number of imidazole rings is 1. The summed E-state index contributed by atoms with van der Waals surface area (Å²) in [5.74, 6) is 3.10. The highest BCUT2D eigenvalue weighted by Gasteiger charge is 2.27. The number of aromatic nitrogens is 2. The first-order chi connectivity index (χ1) is 18.8. The lowest BCUT2D eigenvalue weighted by Gasteiger charge is -2.27. The number of ether oxygens (including phenoxy) is 1. The molecule has 1 aromatic heterocycles. The maximum atomic E-state index is 6.40. The van der Waals surface area contributed by atoms with Crippen LogP contribution in [0.3, 0.4) is 0 Å². The summed E-state index contributed by atoms with van der Waals surface area (Å²) in [5, 5.41) is 2.52. The normalized spacial score (nSPS) is 19.7. The molecule has 0 N–H and O–H groups in total. The van der Waals surface area contributed by atoms with E-state index in [-0.39, 0.29) is 6.04 Å². The minimum atomic E-state index is 0.249. The molecule has 38 heavy (non-hydrogen) atoms. The summed E-state index contributed by atoms with van der Waals surface area (Å²) in [7, 11) is 0. The molecular formula is C35H30N2O. The Kier molecular flexibility index (Phi) is 5.04. The molecule has 0 saturated carbocycles. The van der Waals surface area contributed by atoms with Crippen LogP contribution in [0.4, 0.5) is 0 Å². The van der Waals surface area contributed by atoms with Gasteiger partial charge in [0.25, 0.3) is 0 Å². The second-order valence-corrected chi connectivity index (χ2v) is 10.8. The lowest BCUT2D eigenvalue weighted by atomic mass is 9.86. The van der Waals surface area contributed by atoms with Gasteiger partial charge in [0.1, 0.15) is 17.3 Å². The lowest BCUT2D eigenvalue weighted by Crippen LogP contribution is -2.15. The van der Waals surface area contributed by atoms with Crippen molar-refractivity contribution in [2.75, 3.05) is 0 Å².